The number of ether oxygens (including phenoxy) is 2. The standard InChI is InChI=1S/C30H37N3O6S/c1-6-26(30(35)31-7-2)32(20-23-11-9-8-10-12-23)29(34)21-33(24-15-18-27(38-4)28(19-24)39-5)40(36,37)25-16-13-22(3)14-17-25/h8-19,26H,6-7,20-21H2,1-5H3,(H,31,35)/t26-/m1/s1. The highest BCUT2D eigenvalue weighted by molar-refractivity contribution is 7.92. The molecule has 1 N–H and O–H groups in total. The zero-order valence-corrected chi connectivity index (χ0v) is 24.4. The molecule has 0 radical (unpaired) electrons. The smallest absolute Gasteiger partial charge is 0.264 e. The monoisotopic (exact) mass is 567 g/mol. The Morgan fingerprint density at radius 3 is 2.12 bits per heavy atom. The predicted octanol–water partition coefficient (Wildman–Crippen LogP) is 4.15. The minimum atomic E-state index is -4.19. The van der Waals surface area contributed by atoms with Crippen molar-refractivity contribution >= 4 is 27.5 Å². The zero-order chi connectivity index (χ0) is 29.3. The number of benzene rings is 3. The van der Waals surface area contributed by atoms with E-state index in [0.717, 1.165) is 15.4 Å². The molecule has 0 fully saturated rings. The fraction of sp³-hybridized carbons (Fsp3) is 0.333. The van der Waals surface area contributed by atoms with E-state index in [1.807, 2.05) is 44.2 Å². The van der Waals surface area contributed by atoms with Crippen molar-refractivity contribution in [3.05, 3.63) is 83.9 Å². The molecule has 3 aromatic carbocycles. The molecule has 0 bridgehead atoms. The molecule has 214 valence electrons. The van der Waals surface area contributed by atoms with Crippen LogP contribution < -0.4 is 19.1 Å². The fourth-order valence-electron chi connectivity index (χ4n) is 4.34. The number of methoxy groups -OCH3 is 2. The maximum Gasteiger partial charge on any atom is 0.264 e. The SMILES string of the molecule is CCNC(=O)[C@@H](CC)N(Cc1ccccc1)C(=O)CN(c1ccc(OC)c(OC)c1)S(=O)(=O)c1ccc(C)cc1. The molecule has 3 aromatic rings. The number of nitrogens with zero attached hydrogens (tertiary/aromatic N) is 2. The summed E-state index contributed by atoms with van der Waals surface area (Å²) in [4.78, 5) is 28.5. The Morgan fingerprint density at radius 2 is 1.55 bits per heavy atom. The van der Waals surface area contributed by atoms with E-state index in [1.165, 1.54) is 37.3 Å². The van der Waals surface area contributed by atoms with Crippen molar-refractivity contribution < 1.29 is 27.5 Å². The first kappa shape index (κ1) is 30.5. The molecule has 0 aliphatic rings. The van der Waals surface area contributed by atoms with Gasteiger partial charge in [-0.15, -0.1) is 0 Å². The molecule has 0 aliphatic carbocycles. The van der Waals surface area contributed by atoms with Crippen LogP contribution in [-0.4, -0.2) is 58.5 Å². The Labute approximate surface area is 236 Å². The Kier molecular flexibility index (Phi) is 10.6. The summed E-state index contributed by atoms with van der Waals surface area (Å²) in [5, 5.41) is 2.80. The summed E-state index contributed by atoms with van der Waals surface area (Å²) < 4.78 is 39.8. The first-order valence-electron chi connectivity index (χ1n) is 13.1. The van der Waals surface area contributed by atoms with E-state index in [2.05, 4.69) is 5.32 Å². The van der Waals surface area contributed by atoms with Crippen molar-refractivity contribution in [3.8, 4) is 11.5 Å². The summed E-state index contributed by atoms with van der Waals surface area (Å²) >= 11 is 0. The van der Waals surface area contributed by atoms with Gasteiger partial charge in [0.05, 0.1) is 24.8 Å². The molecule has 3 rings (SSSR count). The third-order valence-electron chi connectivity index (χ3n) is 6.48. The van der Waals surface area contributed by atoms with E-state index in [1.54, 1.807) is 31.2 Å². The molecule has 0 unspecified atom stereocenters. The number of rotatable bonds is 13. The van der Waals surface area contributed by atoms with Crippen LogP contribution in [0.15, 0.2) is 77.7 Å². The fourth-order valence-corrected chi connectivity index (χ4v) is 5.74. The first-order chi connectivity index (χ1) is 19.2. The highest BCUT2D eigenvalue weighted by Gasteiger charge is 2.34. The van der Waals surface area contributed by atoms with E-state index in [0.29, 0.717) is 24.5 Å². The third kappa shape index (κ3) is 7.12. The van der Waals surface area contributed by atoms with Crippen LogP contribution in [0.2, 0.25) is 0 Å². The van der Waals surface area contributed by atoms with Crippen molar-refractivity contribution in [2.45, 2.75) is 44.7 Å². The number of anilines is 1. The van der Waals surface area contributed by atoms with E-state index in [4.69, 9.17) is 9.47 Å². The van der Waals surface area contributed by atoms with Gasteiger partial charge in [-0.1, -0.05) is 55.0 Å². The van der Waals surface area contributed by atoms with Crippen molar-refractivity contribution in [3.63, 3.8) is 0 Å². The molecule has 0 saturated carbocycles. The number of carbonyl (C=O) groups excluding carboxylic acids is 2. The van der Waals surface area contributed by atoms with Crippen LogP contribution in [-0.2, 0) is 26.2 Å². The van der Waals surface area contributed by atoms with Gasteiger partial charge in [0.25, 0.3) is 10.0 Å². The Balaban J connectivity index is 2.11. The molecule has 0 aromatic heterocycles. The highest BCUT2D eigenvalue weighted by atomic mass is 32.2. The number of carbonyl (C=O) groups is 2. The summed E-state index contributed by atoms with van der Waals surface area (Å²) in [6, 6.07) is 19.6. The molecule has 0 saturated heterocycles. The van der Waals surface area contributed by atoms with Crippen LogP contribution in [0.4, 0.5) is 5.69 Å². The van der Waals surface area contributed by atoms with Crippen LogP contribution in [0.25, 0.3) is 0 Å². The number of aryl methyl sites for hydroxylation is 1. The van der Waals surface area contributed by atoms with Gasteiger partial charge in [-0.25, -0.2) is 8.42 Å². The van der Waals surface area contributed by atoms with Gasteiger partial charge in [-0.2, -0.15) is 0 Å². The molecule has 0 spiro atoms. The average Bonchev–Trinajstić information content (AvgIpc) is 2.96. The van der Waals surface area contributed by atoms with Crippen LogP contribution >= 0.6 is 0 Å². The minimum Gasteiger partial charge on any atom is -0.493 e. The quantitative estimate of drug-likeness (QED) is 0.333. The van der Waals surface area contributed by atoms with Crippen LogP contribution in [0.1, 0.15) is 31.4 Å². The van der Waals surface area contributed by atoms with Gasteiger partial charge >= 0.3 is 0 Å². The molecule has 1 atom stereocenters. The molecular formula is C30H37N3O6S. The van der Waals surface area contributed by atoms with Gasteiger partial charge in [0.1, 0.15) is 12.6 Å². The highest BCUT2D eigenvalue weighted by Crippen LogP contribution is 2.34. The van der Waals surface area contributed by atoms with Gasteiger partial charge in [-0.3, -0.25) is 13.9 Å². The van der Waals surface area contributed by atoms with Crippen LogP contribution in [0.3, 0.4) is 0 Å². The summed E-state index contributed by atoms with van der Waals surface area (Å²) in [7, 11) is -1.26. The average molecular weight is 568 g/mol. The topological polar surface area (TPSA) is 105 Å². The second-order valence-electron chi connectivity index (χ2n) is 9.19. The molecule has 40 heavy (non-hydrogen) atoms. The number of amides is 2. The largest absolute Gasteiger partial charge is 0.493 e. The lowest BCUT2D eigenvalue weighted by molar-refractivity contribution is -0.140. The van der Waals surface area contributed by atoms with Gasteiger partial charge in [0.15, 0.2) is 11.5 Å². The third-order valence-corrected chi connectivity index (χ3v) is 8.26. The number of nitrogens with one attached hydrogen (secondary N) is 1. The van der Waals surface area contributed by atoms with Crippen LogP contribution in [0, 0.1) is 6.92 Å². The van der Waals surface area contributed by atoms with E-state index < -0.39 is 28.5 Å². The summed E-state index contributed by atoms with van der Waals surface area (Å²) in [6.07, 6.45) is 0.353. The molecule has 9 nitrogen and oxygen atoms in total. The Bertz CT molecular complexity index is 1390. The van der Waals surface area contributed by atoms with E-state index in [9.17, 15) is 18.0 Å². The second-order valence-corrected chi connectivity index (χ2v) is 11.1. The summed E-state index contributed by atoms with van der Waals surface area (Å²) in [6.45, 7) is 5.50. The maximum absolute atomic E-state index is 14.0. The number of hydrogen-bond donors (Lipinski definition) is 1. The Morgan fingerprint density at radius 1 is 0.900 bits per heavy atom. The molecule has 10 heteroatoms. The van der Waals surface area contributed by atoms with Crippen LogP contribution in [0.5, 0.6) is 11.5 Å². The molecular weight excluding hydrogens is 530 g/mol. The number of likely N-dealkylation sites (N-methyl/N-ethyl adjacent to an activating group) is 1. The molecule has 0 aliphatic heterocycles. The second kappa shape index (κ2) is 13.8. The summed E-state index contributed by atoms with van der Waals surface area (Å²) in [5.74, 6) is -0.0922. The lowest BCUT2D eigenvalue weighted by Gasteiger charge is -2.33. The van der Waals surface area contributed by atoms with Gasteiger partial charge in [0.2, 0.25) is 11.8 Å². The Hall–Kier alpha value is -4.05. The normalized spacial score (nSPS) is 11.8. The minimum absolute atomic E-state index is 0.0334. The van der Waals surface area contributed by atoms with Crippen molar-refractivity contribution in [1.29, 1.82) is 0 Å². The molecule has 0 heterocycles. The van der Waals surface area contributed by atoms with Crippen molar-refractivity contribution in [2.75, 3.05) is 31.6 Å². The lowest BCUT2D eigenvalue weighted by atomic mass is 10.1. The lowest BCUT2D eigenvalue weighted by Crippen LogP contribution is -2.52. The van der Waals surface area contributed by atoms with Gasteiger partial charge in [-0.05, 0) is 50.1 Å². The molecule has 2 amide bonds. The van der Waals surface area contributed by atoms with Gasteiger partial charge in [0, 0.05) is 19.2 Å². The maximum atomic E-state index is 14.0. The van der Waals surface area contributed by atoms with Crippen molar-refractivity contribution in [1.82, 2.24) is 10.2 Å². The first-order valence-corrected chi connectivity index (χ1v) is 14.5. The van der Waals surface area contributed by atoms with Gasteiger partial charge < -0.3 is 19.7 Å². The summed E-state index contributed by atoms with van der Waals surface area (Å²) in [5.41, 5.74) is 1.93. The zero-order valence-electron chi connectivity index (χ0n) is 23.6. The van der Waals surface area contributed by atoms with Crippen molar-refractivity contribution in [2.24, 2.45) is 0 Å². The number of sulfonamides is 1. The van der Waals surface area contributed by atoms with E-state index >= 15 is 0 Å². The predicted molar refractivity (Wildman–Crippen MR) is 155 cm³/mol. The number of hydrogen-bond acceptors (Lipinski definition) is 6. The van der Waals surface area contributed by atoms with E-state index in [-0.39, 0.29) is 23.0 Å².